The van der Waals surface area contributed by atoms with E-state index < -0.39 is 5.91 Å². The molecule has 0 radical (unpaired) electrons. The minimum Gasteiger partial charge on any atom is -0.384 e. The van der Waals surface area contributed by atoms with Crippen LogP contribution in [0, 0.1) is 22.7 Å². The van der Waals surface area contributed by atoms with Gasteiger partial charge in [0.05, 0.1) is 18.0 Å². The molecule has 3 rings (SSSR count). The van der Waals surface area contributed by atoms with Gasteiger partial charge in [-0.1, -0.05) is 0 Å². The molecule has 0 spiro atoms. The van der Waals surface area contributed by atoms with Crippen molar-refractivity contribution in [2.75, 3.05) is 29.0 Å². The molecule has 2 aromatic rings. The van der Waals surface area contributed by atoms with Gasteiger partial charge in [-0.25, -0.2) is 9.97 Å². The molecule has 144 valence electrons. The topological polar surface area (TPSA) is 171 Å². The first-order valence-corrected chi connectivity index (χ1v) is 8.84. The molecular weight excluding hydrogens is 358 g/mol. The highest BCUT2D eigenvalue weighted by Crippen LogP contribution is 2.27. The fourth-order valence-corrected chi connectivity index (χ4v) is 3.13. The quantitative estimate of drug-likeness (QED) is 0.546. The molecule has 2 aromatic heterocycles. The Hall–Kier alpha value is -3.74. The summed E-state index contributed by atoms with van der Waals surface area (Å²) in [5.41, 5.74) is 11.9. The second kappa shape index (κ2) is 8.30. The van der Waals surface area contributed by atoms with Gasteiger partial charge < -0.3 is 27.1 Å². The van der Waals surface area contributed by atoms with E-state index in [0.717, 1.165) is 19.1 Å². The van der Waals surface area contributed by atoms with E-state index in [-0.39, 0.29) is 17.1 Å². The predicted molar refractivity (Wildman–Crippen MR) is 106 cm³/mol. The molecule has 0 saturated carbocycles. The fraction of sp³-hybridized carbons (Fsp3) is 0.333. The van der Waals surface area contributed by atoms with E-state index in [9.17, 15) is 4.79 Å². The predicted octanol–water partition coefficient (Wildman–Crippen LogP) is 1.42. The van der Waals surface area contributed by atoms with Gasteiger partial charge in [0, 0.05) is 25.7 Å². The lowest BCUT2D eigenvalue weighted by Gasteiger charge is -2.31. The monoisotopic (exact) mass is 379 g/mol. The number of anilines is 4. The number of nitriles is 1. The summed E-state index contributed by atoms with van der Waals surface area (Å²) < 4.78 is 0. The Morgan fingerprint density at radius 1 is 1.39 bits per heavy atom. The molecule has 0 aliphatic carbocycles. The average Bonchev–Trinajstić information content (AvgIpc) is 2.69. The number of rotatable bonds is 6. The minimum atomic E-state index is -0.733. The first-order chi connectivity index (χ1) is 13.5. The van der Waals surface area contributed by atoms with Gasteiger partial charge >= 0.3 is 0 Å². The summed E-state index contributed by atoms with van der Waals surface area (Å²) in [7, 11) is 0. The molecule has 6 N–H and O–H groups in total. The largest absolute Gasteiger partial charge is 0.384 e. The lowest BCUT2D eigenvalue weighted by atomic mass is 9.94. The third-order valence-corrected chi connectivity index (χ3v) is 4.63. The number of pyridine rings is 1. The lowest BCUT2D eigenvalue weighted by molar-refractivity contribution is 0.100. The highest BCUT2D eigenvalue weighted by molar-refractivity contribution is 6.04. The van der Waals surface area contributed by atoms with Crippen molar-refractivity contribution in [3.63, 3.8) is 0 Å². The van der Waals surface area contributed by atoms with Crippen LogP contribution in [0.3, 0.4) is 0 Å². The molecule has 0 unspecified atom stereocenters. The fourth-order valence-electron chi connectivity index (χ4n) is 3.13. The average molecular weight is 379 g/mol. The van der Waals surface area contributed by atoms with Crippen LogP contribution in [0.25, 0.3) is 0 Å². The maximum atomic E-state index is 12.0. The van der Waals surface area contributed by atoms with E-state index in [1.807, 2.05) is 4.90 Å². The van der Waals surface area contributed by atoms with Gasteiger partial charge in [-0.2, -0.15) is 10.2 Å². The van der Waals surface area contributed by atoms with E-state index in [1.165, 1.54) is 6.20 Å². The van der Waals surface area contributed by atoms with Crippen molar-refractivity contribution in [3.8, 4) is 6.07 Å². The minimum absolute atomic E-state index is 0.0370. The SMILES string of the molecule is N#CCC1CCN(c2nc(C=N)c(C(N)=O)c(Nc3ccc(N)nc3)n2)CC1. The van der Waals surface area contributed by atoms with Crippen LogP contribution < -0.4 is 21.7 Å². The molecule has 1 amide bonds. The van der Waals surface area contributed by atoms with Crippen LogP contribution in [0.4, 0.5) is 23.3 Å². The molecule has 1 fully saturated rings. The number of aromatic nitrogens is 3. The van der Waals surface area contributed by atoms with Crippen LogP contribution in [-0.2, 0) is 0 Å². The molecule has 1 aliphatic rings. The van der Waals surface area contributed by atoms with Crippen LogP contribution in [0.1, 0.15) is 35.3 Å². The highest BCUT2D eigenvalue weighted by Gasteiger charge is 2.24. The van der Waals surface area contributed by atoms with Crippen LogP contribution in [0.2, 0.25) is 0 Å². The smallest absolute Gasteiger partial charge is 0.254 e. The summed E-state index contributed by atoms with van der Waals surface area (Å²) in [6.45, 7) is 1.39. The van der Waals surface area contributed by atoms with Crippen molar-refractivity contribution in [3.05, 3.63) is 29.6 Å². The summed E-state index contributed by atoms with van der Waals surface area (Å²) in [5.74, 6) is 0.617. The standard InChI is InChI=1S/C18H21N9O/c19-6-3-11-4-7-27(8-5-11)18-25-13(9-20)15(16(22)28)17(26-18)24-12-1-2-14(21)23-10-12/h1-2,9-11,20H,3-5,7-8H2,(H2,21,23)(H2,22,28)(H,24,25,26). The Balaban J connectivity index is 1.94. The van der Waals surface area contributed by atoms with Crippen molar-refractivity contribution in [1.82, 2.24) is 15.0 Å². The van der Waals surface area contributed by atoms with Crippen molar-refractivity contribution in [2.45, 2.75) is 19.3 Å². The summed E-state index contributed by atoms with van der Waals surface area (Å²) >= 11 is 0. The molecule has 1 aliphatic heterocycles. The van der Waals surface area contributed by atoms with Gasteiger partial charge in [0.1, 0.15) is 22.9 Å². The number of nitrogen functional groups attached to an aromatic ring is 1. The molecule has 0 atom stereocenters. The van der Waals surface area contributed by atoms with Crippen LogP contribution >= 0.6 is 0 Å². The second-order valence-corrected chi connectivity index (χ2v) is 6.53. The van der Waals surface area contributed by atoms with Crippen molar-refractivity contribution < 1.29 is 4.79 Å². The molecule has 10 heteroatoms. The van der Waals surface area contributed by atoms with E-state index in [2.05, 4.69) is 26.3 Å². The summed E-state index contributed by atoms with van der Waals surface area (Å²) in [6.07, 6.45) is 4.76. The van der Waals surface area contributed by atoms with Crippen LogP contribution in [0.5, 0.6) is 0 Å². The molecule has 1 saturated heterocycles. The normalized spacial score (nSPS) is 14.3. The lowest BCUT2D eigenvalue weighted by Crippen LogP contribution is -2.35. The third-order valence-electron chi connectivity index (χ3n) is 4.63. The zero-order chi connectivity index (χ0) is 20.1. The maximum Gasteiger partial charge on any atom is 0.254 e. The number of nitrogens with two attached hydrogens (primary N) is 2. The number of carbonyl (C=O) groups is 1. The van der Waals surface area contributed by atoms with Crippen LogP contribution in [0.15, 0.2) is 18.3 Å². The Labute approximate surface area is 162 Å². The molecule has 10 nitrogen and oxygen atoms in total. The number of nitrogens with one attached hydrogen (secondary N) is 2. The van der Waals surface area contributed by atoms with Crippen molar-refractivity contribution in [1.29, 1.82) is 10.7 Å². The number of piperidine rings is 1. The van der Waals surface area contributed by atoms with E-state index >= 15 is 0 Å². The zero-order valence-electron chi connectivity index (χ0n) is 15.2. The van der Waals surface area contributed by atoms with Crippen molar-refractivity contribution >= 4 is 35.4 Å². The van der Waals surface area contributed by atoms with E-state index in [4.69, 9.17) is 22.1 Å². The third kappa shape index (κ3) is 4.15. The molecule has 3 heterocycles. The van der Waals surface area contributed by atoms with Crippen LogP contribution in [-0.4, -0.2) is 40.2 Å². The molecule has 28 heavy (non-hydrogen) atoms. The van der Waals surface area contributed by atoms with Gasteiger partial charge in [0.15, 0.2) is 0 Å². The van der Waals surface area contributed by atoms with Gasteiger partial charge in [-0.3, -0.25) is 4.79 Å². The maximum absolute atomic E-state index is 12.0. The molecule has 0 bridgehead atoms. The number of hydrogen-bond acceptors (Lipinski definition) is 9. The number of nitrogens with zero attached hydrogens (tertiary/aromatic N) is 5. The second-order valence-electron chi connectivity index (χ2n) is 6.53. The molecular formula is C18H21N9O. The van der Waals surface area contributed by atoms with Gasteiger partial charge in [-0.15, -0.1) is 0 Å². The van der Waals surface area contributed by atoms with E-state index in [0.29, 0.717) is 42.9 Å². The number of carbonyl (C=O) groups excluding carboxylic acids is 1. The summed E-state index contributed by atoms with van der Waals surface area (Å²) in [6, 6.07) is 5.53. The summed E-state index contributed by atoms with van der Waals surface area (Å²) in [4.78, 5) is 26.8. The highest BCUT2D eigenvalue weighted by atomic mass is 16.1. The van der Waals surface area contributed by atoms with Gasteiger partial charge in [0.2, 0.25) is 5.95 Å². The van der Waals surface area contributed by atoms with Gasteiger partial charge in [0.25, 0.3) is 5.91 Å². The Kier molecular flexibility index (Phi) is 5.64. The Morgan fingerprint density at radius 2 is 2.14 bits per heavy atom. The first kappa shape index (κ1) is 19.0. The number of hydrogen-bond donors (Lipinski definition) is 4. The number of amides is 1. The Bertz CT molecular complexity index is 912. The zero-order valence-corrected chi connectivity index (χ0v) is 15.2. The Morgan fingerprint density at radius 3 is 2.71 bits per heavy atom. The van der Waals surface area contributed by atoms with Crippen molar-refractivity contribution in [2.24, 2.45) is 11.7 Å². The number of primary amides is 1. The molecule has 0 aromatic carbocycles. The first-order valence-electron chi connectivity index (χ1n) is 8.84. The van der Waals surface area contributed by atoms with Gasteiger partial charge in [-0.05, 0) is 30.9 Å². The van der Waals surface area contributed by atoms with E-state index in [1.54, 1.807) is 12.1 Å². The summed E-state index contributed by atoms with van der Waals surface area (Å²) in [5, 5.41) is 19.5.